The number of rotatable bonds is 6. The molecule has 0 aromatic heterocycles. The first kappa shape index (κ1) is 17.6. The van der Waals surface area contributed by atoms with E-state index in [0.717, 1.165) is 5.56 Å². The van der Waals surface area contributed by atoms with Crippen LogP contribution in [-0.2, 0) is 11.2 Å². The fraction of sp³-hybridized carbons (Fsp3) is 0.176. The van der Waals surface area contributed by atoms with E-state index < -0.39 is 0 Å². The van der Waals surface area contributed by atoms with E-state index in [0.29, 0.717) is 10.6 Å². The van der Waals surface area contributed by atoms with E-state index >= 15 is 0 Å². The van der Waals surface area contributed by atoms with Crippen LogP contribution in [0.25, 0.3) is 0 Å². The zero-order chi connectivity index (χ0) is 17.5. The molecule has 0 aliphatic heterocycles. The molecule has 0 saturated heterocycles. The van der Waals surface area contributed by atoms with E-state index in [9.17, 15) is 9.90 Å². The Morgan fingerprint density at radius 1 is 1.21 bits per heavy atom. The van der Waals surface area contributed by atoms with Crippen molar-refractivity contribution in [3.63, 3.8) is 0 Å². The van der Waals surface area contributed by atoms with Crippen LogP contribution in [0.15, 0.2) is 41.5 Å². The SMILES string of the molecule is COc1cc(/C=N/NC(=O)Cc2ccc(Cl)cc2)cc(OC)c1O. The number of hydrogen-bond donors (Lipinski definition) is 2. The predicted octanol–water partition coefficient (Wildman–Crippen LogP) is 2.76. The van der Waals surface area contributed by atoms with Crippen molar-refractivity contribution in [1.82, 2.24) is 5.43 Å². The molecular weight excluding hydrogens is 332 g/mol. The van der Waals surface area contributed by atoms with Gasteiger partial charge in [0.2, 0.25) is 11.7 Å². The molecule has 0 heterocycles. The van der Waals surface area contributed by atoms with Gasteiger partial charge in [0, 0.05) is 10.6 Å². The van der Waals surface area contributed by atoms with Gasteiger partial charge in [-0.25, -0.2) is 5.43 Å². The number of aromatic hydroxyl groups is 1. The molecule has 2 aromatic carbocycles. The van der Waals surface area contributed by atoms with Crippen LogP contribution >= 0.6 is 11.6 Å². The van der Waals surface area contributed by atoms with Gasteiger partial charge in [-0.1, -0.05) is 23.7 Å². The summed E-state index contributed by atoms with van der Waals surface area (Å²) in [6, 6.07) is 10.2. The molecule has 0 atom stereocenters. The third-order valence-corrected chi connectivity index (χ3v) is 3.43. The third-order valence-electron chi connectivity index (χ3n) is 3.18. The van der Waals surface area contributed by atoms with Gasteiger partial charge in [-0.2, -0.15) is 5.10 Å². The first-order chi connectivity index (χ1) is 11.5. The average molecular weight is 349 g/mol. The Morgan fingerprint density at radius 2 is 1.79 bits per heavy atom. The van der Waals surface area contributed by atoms with Crippen molar-refractivity contribution in [2.75, 3.05) is 14.2 Å². The first-order valence-electron chi connectivity index (χ1n) is 7.05. The predicted molar refractivity (Wildman–Crippen MR) is 92.1 cm³/mol. The van der Waals surface area contributed by atoms with Gasteiger partial charge in [-0.15, -0.1) is 0 Å². The number of methoxy groups -OCH3 is 2. The number of nitrogens with one attached hydrogen (secondary N) is 1. The second kappa shape index (κ2) is 8.21. The van der Waals surface area contributed by atoms with Crippen LogP contribution in [-0.4, -0.2) is 31.4 Å². The average Bonchev–Trinajstić information content (AvgIpc) is 2.58. The molecule has 24 heavy (non-hydrogen) atoms. The first-order valence-corrected chi connectivity index (χ1v) is 7.42. The Bertz CT molecular complexity index is 720. The van der Waals surface area contributed by atoms with E-state index in [1.54, 1.807) is 36.4 Å². The number of hydrazone groups is 1. The van der Waals surface area contributed by atoms with Gasteiger partial charge in [0.25, 0.3) is 0 Å². The Kier molecular flexibility index (Phi) is 6.03. The molecule has 2 rings (SSSR count). The molecule has 2 N–H and O–H groups in total. The molecule has 0 fully saturated rings. The highest BCUT2D eigenvalue weighted by Gasteiger charge is 2.10. The number of hydrogen-bond acceptors (Lipinski definition) is 5. The van der Waals surface area contributed by atoms with Crippen LogP contribution in [0.4, 0.5) is 0 Å². The summed E-state index contributed by atoms with van der Waals surface area (Å²) in [7, 11) is 2.87. The highest BCUT2D eigenvalue weighted by molar-refractivity contribution is 6.30. The minimum absolute atomic E-state index is 0.0936. The molecule has 6 nitrogen and oxygen atoms in total. The number of halogens is 1. The van der Waals surface area contributed by atoms with Crippen LogP contribution < -0.4 is 14.9 Å². The molecular formula is C17H17ClN2O4. The minimum Gasteiger partial charge on any atom is -0.502 e. The van der Waals surface area contributed by atoms with Gasteiger partial charge in [-0.05, 0) is 29.8 Å². The van der Waals surface area contributed by atoms with Crippen LogP contribution in [0.1, 0.15) is 11.1 Å². The van der Waals surface area contributed by atoms with Crippen molar-refractivity contribution in [3.05, 3.63) is 52.5 Å². The minimum atomic E-state index is -0.258. The summed E-state index contributed by atoms with van der Waals surface area (Å²) in [5, 5.41) is 14.3. The maximum atomic E-state index is 11.8. The second-order valence-electron chi connectivity index (χ2n) is 4.87. The van der Waals surface area contributed by atoms with Crippen molar-refractivity contribution in [3.8, 4) is 17.2 Å². The molecule has 1 amide bonds. The lowest BCUT2D eigenvalue weighted by Crippen LogP contribution is -2.19. The topological polar surface area (TPSA) is 80.2 Å². The number of carbonyl (C=O) groups is 1. The summed E-state index contributed by atoms with van der Waals surface area (Å²) >= 11 is 5.80. The molecule has 2 aromatic rings. The lowest BCUT2D eigenvalue weighted by atomic mass is 10.1. The van der Waals surface area contributed by atoms with E-state index in [4.69, 9.17) is 21.1 Å². The number of phenols is 1. The molecule has 0 unspecified atom stereocenters. The Morgan fingerprint density at radius 3 is 2.33 bits per heavy atom. The molecule has 0 radical (unpaired) electrons. The van der Waals surface area contributed by atoms with Gasteiger partial charge in [0.15, 0.2) is 11.5 Å². The van der Waals surface area contributed by atoms with Crippen molar-refractivity contribution in [1.29, 1.82) is 0 Å². The highest BCUT2D eigenvalue weighted by atomic mass is 35.5. The lowest BCUT2D eigenvalue weighted by molar-refractivity contribution is -0.120. The maximum absolute atomic E-state index is 11.8. The summed E-state index contributed by atoms with van der Waals surface area (Å²) in [5.41, 5.74) is 3.88. The van der Waals surface area contributed by atoms with E-state index in [1.165, 1.54) is 20.4 Å². The number of phenolic OH excluding ortho intramolecular Hbond substituents is 1. The quantitative estimate of drug-likeness (QED) is 0.621. The molecule has 0 aliphatic rings. The molecule has 0 spiro atoms. The summed E-state index contributed by atoms with van der Waals surface area (Å²) in [6.45, 7) is 0. The molecule has 7 heteroatoms. The standard InChI is InChI=1S/C17H17ClN2O4/c1-23-14-7-12(8-15(24-2)17(14)22)10-19-20-16(21)9-11-3-5-13(18)6-4-11/h3-8,10,22H,9H2,1-2H3,(H,20,21)/b19-10+. The van der Waals surface area contributed by atoms with Crippen LogP contribution in [0.5, 0.6) is 17.2 Å². The van der Waals surface area contributed by atoms with Crippen LogP contribution in [0, 0.1) is 0 Å². The van der Waals surface area contributed by atoms with Crippen molar-refractivity contribution in [2.45, 2.75) is 6.42 Å². The normalized spacial score (nSPS) is 10.6. The number of ether oxygens (including phenoxy) is 2. The van der Waals surface area contributed by atoms with Crippen molar-refractivity contribution < 1.29 is 19.4 Å². The Labute approximate surface area is 144 Å². The van der Waals surface area contributed by atoms with Gasteiger partial charge >= 0.3 is 0 Å². The van der Waals surface area contributed by atoms with Gasteiger partial charge in [0.1, 0.15) is 0 Å². The fourth-order valence-electron chi connectivity index (χ4n) is 1.99. The second-order valence-corrected chi connectivity index (χ2v) is 5.31. The Balaban J connectivity index is 2.00. The number of nitrogens with zero attached hydrogens (tertiary/aromatic N) is 1. The summed E-state index contributed by atoms with van der Waals surface area (Å²) in [4.78, 5) is 11.8. The van der Waals surface area contributed by atoms with Crippen molar-refractivity contribution in [2.24, 2.45) is 5.10 Å². The molecule has 0 aliphatic carbocycles. The number of amides is 1. The lowest BCUT2D eigenvalue weighted by Gasteiger charge is -2.09. The number of carbonyl (C=O) groups excluding carboxylic acids is 1. The monoisotopic (exact) mass is 348 g/mol. The zero-order valence-electron chi connectivity index (χ0n) is 13.2. The molecule has 126 valence electrons. The smallest absolute Gasteiger partial charge is 0.244 e. The molecule has 0 bridgehead atoms. The van der Waals surface area contributed by atoms with Gasteiger partial charge < -0.3 is 14.6 Å². The molecule has 0 saturated carbocycles. The fourth-order valence-corrected chi connectivity index (χ4v) is 2.12. The Hall–Kier alpha value is -2.73. The van der Waals surface area contributed by atoms with E-state index in [2.05, 4.69) is 10.5 Å². The van der Waals surface area contributed by atoms with Gasteiger partial charge in [-0.3, -0.25) is 4.79 Å². The van der Waals surface area contributed by atoms with Crippen molar-refractivity contribution >= 4 is 23.7 Å². The van der Waals surface area contributed by atoms with E-state index in [1.807, 2.05) is 0 Å². The largest absolute Gasteiger partial charge is 0.502 e. The summed E-state index contributed by atoms with van der Waals surface area (Å²) < 4.78 is 10.1. The van der Waals surface area contributed by atoms with Gasteiger partial charge in [0.05, 0.1) is 26.9 Å². The summed E-state index contributed by atoms with van der Waals surface area (Å²) in [5.74, 6) is 0.154. The maximum Gasteiger partial charge on any atom is 0.244 e. The van der Waals surface area contributed by atoms with E-state index in [-0.39, 0.29) is 29.6 Å². The highest BCUT2D eigenvalue weighted by Crippen LogP contribution is 2.36. The van der Waals surface area contributed by atoms with Crippen LogP contribution in [0.2, 0.25) is 5.02 Å². The zero-order valence-corrected chi connectivity index (χ0v) is 14.0. The van der Waals surface area contributed by atoms with Crippen LogP contribution in [0.3, 0.4) is 0 Å². The summed E-state index contributed by atoms with van der Waals surface area (Å²) in [6.07, 6.45) is 1.63. The third kappa shape index (κ3) is 4.63. The number of benzene rings is 2.